The number of H-pyrrole nitrogens is 1. The van der Waals surface area contributed by atoms with E-state index in [-0.39, 0.29) is 12.3 Å². The normalized spacial score (nSPS) is 11.4. The monoisotopic (exact) mass is 389 g/mol. The lowest BCUT2D eigenvalue weighted by Gasteiger charge is -2.07. The third kappa shape index (κ3) is 2.97. The predicted octanol–water partition coefficient (Wildman–Crippen LogP) is 4.33. The zero-order valence-electron chi connectivity index (χ0n) is 15.5. The van der Waals surface area contributed by atoms with E-state index in [0.29, 0.717) is 11.1 Å². The van der Waals surface area contributed by atoms with Crippen LogP contribution in [0.4, 0.5) is 4.39 Å². The summed E-state index contributed by atoms with van der Waals surface area (Å²) >= 11 is 0. The highest BCUT2D eigenvalue weighted by molar-refractivity contribution is 5.85. The molecule has 3 heterocycles. The summed E-state index contributed by atoms with van der Waals surface area (Å²) in [5.74, 6) is -0.781. The molecule has 144 valence electrons. The number of methoxy groups -OCH3 is 1. The third-order valence-corrected chi connectivity index (χ3v) is 4.96. The van der Waals surface area contributed by atoms with Crippen LogP contribution in [0.5, 0.6) is 5.75 Å². The van der Waals surface area contributed by atoms with E-state index in [4.69, 9.17) is 9.15 Å². The van der Waals surface area contributed by atoms with Gasteiger partial charge in [0, 0.05) is 23.3 Å². The number of halogens is 1. The van der Waals surface area contributed by atoms with Crippen molar-refractivity contribution < 1.29 is 13.5 Å². The van der Waals surface area contributed by atoms with Gasteiger partial charge in [-0.1, -0.05) is 12.1 Å². The van der Waals surface area contributed by atoms with E-state index in [0.717, 1.165) is 27.7 Å². The van der Waals surface area contributed by atoms with Crippen LogP contribution in [0, 0.1) is 5.82 Å². The summed E-state index contributed by atoms with van der Waals surface area (Å²) in [5, 5.41) is 1.01. The number of hydrogen-bond acceptors (Lipinski definition) is 4. The molecule has 0 aliphatic carbocycles. The van der Waals surface area contributed by atoms with Gasteiger partial charge >= 0.3 is 5.76 Å². The van der Waals surface area contributed by atoms with Gasteiger partial charge in [0.2, 0.25) is 0 Å². The molecule has 0 unspecified atom stereocenters. The minimum atomic E-state index is -0.473. The van der Waals surface area contributed by atoms with Crippen molar-refractivity contribution in [1.29, 1.82) is 0 Å². The minimum Gasteiger partial charge on any atom is -0.494 e. The Hall–Kier alpha value is -3.87. The SMILES string of the molecule is COc1cc(Cn2c(=O)oc3cc(-c4cnc5[nH]ccc5c4)ccc32)ccc1F. The molecule has 29 heavy (non-hydrogen) atoms. The summed E-state index contributed by atoms with van der Waals surface area (Å²) in [7, 11) is 1.41. The Balaban J connectivity index is 1.54. The first-order valence-corrected chi connectivity index (χ1v) is 9.02. The number of nitrogens with one attached hydrogen (secondary N) is 1. The summed E-state index contributed by atoms with van der Waals surface area (Å²) in [6, 6.07) is 14.1. The fourth-order valence-corrected chi connectivity index (χ4v) is 3.48. The summed E-state index contributed by atoms with van der Waals surface area (Å²) < 4.78 is 25.6. The van der Waals surface area contributed by atoms with Crippen LogP contribution in [0.15, 0.2) is 70.1 Å². The van der Waals surface area contributed by atoms with Crippen molar-refractivity contribution in [3.63, 3.8) is 0 Å². The van der Waals surface area contributed by atoms with E-state index >= 15 is 0 Å². The van der Waals surface area contributed by atoms with Crippen LogP contribution in [0.2, 0.25) is 0 Å². The molecule has 6 nitrogen and oxygen atoms in total. The van der Waals surface area contributed by atoms with Crippen LogP contribution in [-0.2, 0) is 6.54 Å². The molecule has 0 amide bonds. The zero-order valence-corrected chi connectivity index (χ0v) is 15.5. The van der Waals surface area contributed by atoms with E-state index in [9.17, 15) is 9.18 Å². The molecule has 0 aliphatic rings. The molecule has 5 rings (SSSR count). The fourth-order valence-electron chi connectivity index (χ4n) is 3.48. The predicted molar refractivity (Wildman–Crippen MR) is 108 cm³/mol. The van der Waals surface area contributed by atoms with E-state index in [1.807, 2.05) is 36.5 Å². The Kier molecular flexibility index (Phi) is 3.94. The Morgan fingerprint density at radius 1 is 1.14 bits per heavy atom. The smallest absolute Gasteiger partial charge is 0.420 e. The summed E-state index contributed by atoms with van der Waals surface area (Å²) in [5.41, 5.74) is 4.53. The summed E-state index contributed by atoms with van der Waals surface area (Å²) in [4.78, 5) is 19.9. The van der Waals surface area contributed by atoms with Crippen molar-refractivity contribution in [2.24, 2.45) is 0 Å². The Morgan fingerprint density at radius 2 is 2.03 bits per heavy atom. The number of pyridine rings is 1. The van der Waals surface area contributed by atoms with Gasteiger partial charge in [-0.3, -0.25) is 4.57 Å². The highest BCUT2D eigenvalue weighted by Gasteiger charge is 2.13. The van der Waals surface area contributed by atoms with Gasteiger partial charge in [0.1, 0.15) is 5.65 Å². The molecule has 3 aromatic heterocycles. The number of fused-ring (bicyclic) bond motifs is 2. The van der Waals surface area contributed by atoms with E-state index in [2.05, 4.69) is 9.97 Å². The molecule has 0 spiro atoms. The molecule has 1 N–H and O–H groups in total. The largest absolute Gasteiger partial charge is 0.494 e. The highest BCUT2D eigenvalue weighted by Crippen LogP contribution is 2.26. The molecule has 5 aromatic rings. The number of aromatic nitrogens is 3. The molecule has 0 atom stereocenters. The van der Waals surface area contributed by atoms with Crippen molar-refractivity contribution in [2.45, 2.75) is 6.54 Å². The zero-order chi connectivity index (χ0) is 20.0. The molecule has 0 bridgehead atoms. The van der Waals surface area contributed by atoms with Crippen molar-refractivity contribution in [3.8, 4) is 16.9 Å². The average molecular weight is 389 g/mol. The fraction of sp³-hybridized carbons (Fsp3) is 0.0909. The van der Waals surface area contributed by atoms with Crippen LogP contribution < -0.4 is 10.5 Å². The number of benzene rings is 2. The molecule has 0 radical (unpaired) electrons. The number of ether oxygens (including phenoxy) is 1. The van der Waals surface area contributed by atoms with Gasteiger partial charge < -0.3 is 14.1 Å². The lowest BCUT2D eigenvalue weighted by atomic mass is 10.1. The first kappa shape index (κ1) is 17.2. The van der Waals surface area contributed by atoms with Crippen molar-refractivity contribution in [1.82, 2.24) is 14.5 Å². The summed E-state index contributed by atoms with van der Waals surface area (Å²) in [6.45, 7) is 0.249. The van der Waals surface area contributed by atoms with Crippen LogP contribution in [-0.4, -0.2) is 21.6 Å². The molecule has 2 aromatic carbocycles. The van der Waals surface area contributed by atoms with Crippen molar-refractivity contribution in [2.75, 3.05) is 7.11 Å². The lowest BCUT2D eigenvalue weighted by Crippen LogP contribution is -2.14. The van der Waals surface area contributed by atoms with E-state index < -0.39 is 11.6 Å². The second kappa shape index (κ2) is 6.63. The molecular formula is C22H16FN3O3. The quantitative estimate of drug-likeness (QED) is 0.496. The van der Waals surface area contributed by atoms with Gasteiger partial charge in [0.25, 0.3) is 0 Å². The molecule has 0 aliphatic heterocycles. The van der Waals surface area contributed by atoms with Gasteiger partial charge in [-0.2, -0.15) is 0 Å². The van der Waals surface area contributed by atoms with Gasteiger partial charge in [0.15, 0.2) is 17.1 Å². The van der Waals surface area contributed by atoms with E-state index in [1.165, 1.54) is 17.7 Å². The number of oxazole rings is 1. The van der Waals surface area contributed by atoms with Gasteiger partial charge in [-0.05, 0) is 47.5 Å². The lowest BCUT2D eigenvalue weighted by molar-refractivity contribution is 0.385. The first-order valence-electron chi connectivity index (χ1n) is 9.02. The minimum absolute atomic E-state index is 0.137. The van der Waals surface area contributed by atoms with Crippen LogP contribution >= 0.6 is 0 Å². The molecule has 0 saturated carbocycles. The maximum absolute atomic E-state index is 13.6. The molecule has 7 heteroatoms. The second-order valence-corrected chi connectivity index (χ2v) is 6.75. The summed E-state index contributed by atoms with van der Waals surface area (Å²) in [6.07, 6.45) is 3.62. The first-order chi connectivity index (χ1) is 14.1. The maximum atomic E-state index is 13.6. The Labute approximate surface area is 164 Å². The van der Waals surface area contributed by atoms with Crippen LogP contribution in [0.3, 0.4) is 0 Å². The van der Waals surface area contributed by atoms with Crippen molar-refractivity contribution >= 4 is 22.1 Å². The topological polar surface area (TPSA) is 73.1 Å². The van der Waals surface area contributed by atoms with Gasteiger partial charge in [-0.25, -0.2) is 14.2 Å². The second-order valence-electron chi connectivity index (χ2n) is 6.75. The number of hydrogen-bond donors (Lipinski definition) is 1. The Bertz CT molecular complexity index is 1410. The Morgan fingerprint density at radius 3 is 2.90 bits per heavy atom. The van der Waals surface area contributed by atoms with Gasteiger partial charge in [-0.15, -0.1) is 0 Å². The highest BCUT2D eigenvalue weighted by atomic mass is 19.1. The maximum Gasteiger partial charge on any atom is 0.420 e. The average Bonchev–Trinajstić information content (AvgIpc) is 3.32. The van der Waals surface area contributed by atoms with Crippen LogP contribution in [0.1, 0.15) is 5.56 Å². The molecular weight excluding hydrogens is 373 g/mol. The van der Waals surface area contributed by atoms with E-state index in [1.54, 1.807) is 18.3 Å². The van der Waals surface area contributed by atoms with Crippen LogP contribution in [0.25, 0.3) is 33.3 Å². The van der Waals surface area contributed by atoms with Crippen molar-refractivity contribution in [3.05, 3.63) is 82.9 Å². The number of rotatable bonds is 4. The molecule has 0 saturated heterocycles. The standard InChI is InChI=1S/C22H16FN3O3/c1-28-19-8-13(2-4-17(19)23)12-26-18-5-3-14(10-20(18)29-22(26)27)16-9-15-6-7-24-21(15)25-11-16/h2-11H,12H2,1H3,(H,24,25). The third-order valence-electron chi connectivity index (χ3n) is 4.96. The van der Waals surface area contributed by atoms with Gasteiger partial charge in [0.05, 0.1) is 19.2 Å². The number of aromatic amines is 1. The molecule has 0 fully saturated rings. The number of nitrogens with zero attached hydrogens (tertiary/aromatic N) is 2.